The van der Waals surface area contributed by atoms with E-state index in [0.29, 0.717) is 6.42 Å². The van der Waals surface area contributed by atoms with Crippen LogP contribution in [0.3, 0.4) is 0 Å². The molecule has 35 heavy (non-hydrogen) atoms. The minimum absolute atomic E-state index is 0.0296. The van der Waals surface area contributed by atoms with E-state index in [1.165, 1.54) is 6.08 Å². The molecule has 0 aliphatic rings. The normalized spacial score (nSPS) is 14.9. The Balaban J connectivity index is 2.34. The van der Waals surface area contributed by atoms with Crippen LogP contribution in [0.4, 0.5) is 0 Å². The molecular weight excluding hydrogens is 440 g/mol. The minimum atomic E-state index is -2.63. The van der Waals surface area contributed by atoms with Crippen molar-refractivity contribution < 1.29 is 24.9 Å². The molecule has 0 fully saturated rings. The van der Waals surface area contributed by atoms with Crippen molar-refractivity contribution in [1.82, 2.24) is 0 Å². The molecule has 1 aromatic rings. The fourth-order valence-corrected chi connectivity index (χ4v) is 3.58. The number of ketones is 2. The number of allylic oxidation sites excluding steroid dienone is 6. The second-order valence-electron chi connectivity index (χ2n) is 8.60. The van der Waals surface area contributed by atoms with Gasteiger partial charge in [-0.1, -0.05) is 99.1 Å². The standard InChI is InChI=1S/C30H42O5/c1-2-3-4-5-6-7-8-9-10-11-12-13-14-15-19-22-27(32)30(35,29(34)25-31)28(33)24-23-26-20-17-16-18-21-26/h3-4,6-7,9-10,16-18,20-21,23-24,29,31,34-35H,2,5,8,11-15,19,22,25H2,1H3/b4-3-,7-6-,10-9-,24-23+. The summed E-state index contributed by atoms with van der Waals surface area (Å²) in [7, 11) is 0. The monoisotopic (exact) mass is 482 g/mol. The van der Waals surface area contributed by atoms with Crippen LogP contribution in [0.5, 0.6) is 0 Å². The number of hydrogen-bond donors (Lipinski definition) is 3. The zero-order chi connectivity index (χ0) is 25.8. The summed E-state index contributed by atoms with van der Waals surface area (Å²) >= 11 is 0. The van der Waals surface area contributed by atoms with Gasteiger partial charge < -0.3 is 15.3 Å². The average Bonchev–Trinajstić information content (AvgIpc) is 2.88. The van der Waals surface area contributed by atoms with Gasteiger partial charge in [0.2, 0.25) is 5.60 Å². The zero-order valence-corrected chi connectivity index (χ0v) is 21.0. The number of carbonyl (C=O) groups excluding carboxylic acids is 2. The molecule has 0 aliphatic heterocycles. The molecule has 5 nitrogen and oxygen atoms in total. The lowest BCUT2D eigenvalue weighted by Crippen LogP contribution is -2.56. The molecule has 0 radical (unpaired) electrons. The van der Waals surface area contributed by atoms with Crippen LogP contribution in [-0.4, -0.2) is 45.2 Å². The van der Waals surface area contributed by atoms with Gasteiger partial charge in [-0.3, -0.25) is 9.59 Å². The van der Waals surface area contributed by atoms with Gasteiger partial charge in [0, 0.05) is 6.42 Å². The number of benzene rings is 1. The molecular formula is C30H42O5. The van der Waals surface area contributed by atoms with E-state index < -0.39 is 29.9 Å². The molecule has 5 heteroatoms. The largest absolute Gasteiger partial charge is 0.394 e. The van der Waals surface area contributed by atoms with Crippen LogP contribution in [0.25, 0.3) is 6.08 Å². The Hall–Kier alpha value is -2.60. The minimum Gasteiger partial charge on any atom is -0.394 e. The van der Waals surface area contributed by atoms with Gasteiger partial charge in [0.1, 0.15) is 6.10 Å². The van der Waals surface area contributed by atoms with Crippen molar-refractivity contribution >= 4 is 17.6 Å². The fourth-order valence-electron chi connectivity index (χ4n) is 3.58. The molecule has 0 heterocycles. The Labute approximate surface area is 210 Å². The molecule has 0 aromatic heterocycles. The molecule has 2 unspecified atom stereocenters. The third-order valence-electron chi connectivity index (χ3n) is 5.74. The zero-order valence-electron chi connectivity index (χ0n) is 21.0. The second-order valence-corrected chi connectivity index (χ2v) is 8.60. The lowest BCUT2D eigenvalue weighted by molar-refractivity contribution is -0.163. The van der Waals surface area contributed by atoms with Crippen LogP contribution in [0.15, 0.2) is 72.9 Å². The van der Waals surface area contributed by atoms with E-state index in [1.54, 1.807) is 24.3 Å². The first-order valence-electron chi connectivity index (χ1n) is 12.7. The second kappa shape index (κ2) is 18.7. The van der Waals surface area contributed by atoms with Crippen molar-refractivity contribution in [2.45, 2.75) is 82.8 Å². The highest BCUT2D eigenvalue weighted by molar-refractivity contribution is 6.16. The van der Waals surface area contributed by atoms with Gasteiger partial charge in [-0.25, -0.2) is 0 Å². The van der Waals surface area contributed by atoms with E-state index in [1.807, 2.05) is 6.07 Å². The summed E-state index contributed by atoms with van der Waals surface area (Å²) in [6, 6.07) is 8.97. The van der Waals surface area contributed by atoms with Gasteiger partial charge in [0.15, 0.2) is 11.6 Å². The molecule has 0 bridgehead atoms. The van der Waals surface area contributed by atoms with Gasteiger partial charge in [-0.15, -0.1) is 0 Å². The highest BCUT2D eigenvalue weighted by atomic mass is 16.4. The van der Waals surface area contributed by atoms with Crippen molar-refractivity contribution in [1.29, 1.82) is 0 Å². The first kappa shape index (κ1) is 30.4. The van der Waals surface area contributed by atoms with Crippen molar-refractivity contribution in [3.63, 3.8) is 0 Å². The number of unbranched alkanes of at least 4 members (excludes halogenated alkanes) is 5. The lowest BCUT2D eigenvalue weighted by atomic mass is 9.84. The number of hydrogen-bond acceptors (Lipinski definition) is 5. The molecule has 192 valence electrons. The molecule has 2 atom stereocenters. The number of aliphatic hydroxyl groups excluding tert-OH is 2. The van der Waals surface area contributed by atoms with Crippen molar-refractivity contribution in [2.75, 3.05) is 6.61 Å². The van der Waals surface area contributed by atoms with Gasteiger partial charge in [0.05, 0.1) is 6.61 Å². The topological polar surface area (TPSA) is 94.8 Å². The van der Waals surface area contributed by atoms with E-state index in [0.717, 1.165) is 63.0 Å². The highest BCUT2D eigenvalue weighted by Gasteiger charge is 2.47. The van der Waals surface area contributed by atoms with Crippen LogP contribution < -0.4 is 0 Å². The smallest absolute Gasteiger partial charge is 0.213 e. The van der Waals surface area contributed by atoms with Gasteiger partial charge in [-0.2, -0.15) is 0 Å². The van der Waals surface area contributed by atoms with Crippen molar-refractivity contribution in [3.8, 4) is 0 Å². The average molecular weight is 483 g/mol. The molecule has 0 saturated heterocycles. The van der Waals surface area contributed by atoms with Crippen LogP contribution in [-0.2, 0) is 9.59 Å². The number of rotatable bonds is 19. The van der Waals surface area contributed by atoms with Crippen molar-refractivity contribution in [2.24, 2.45) is 0 Å². The van der Waals surface area contributed by atoms with Crippen LogP contribution in [0.2, 0.25) is 0 Å². The Morgan fingerprint density at radius 1 is 0.886 bits per heavy atom. The van der Waals surface area contributed by atoms with Gasteiger partial charge in [-0.05, 0) is 50.2 Å². The van der Waals surface area contributed by atoms with E-state index in [4.69, 9.17) is 0 Å². The van der Waals surface area contributed by atoms with E-state index in [-0.39, 0.29) is 6.42 Å². The summed E-state index contributed by atoms with van der Waals surface area (Å²) in [5, 5.41) is 30.1. The SMILES string of the molecule is CC/C=C\C/C=C\C/C=C\CCCCCCCC(=O)C(O)(C(=O)/C=C/c1ccccc1)C(O)CO. The Morgan fingerprint density at radius 3 is 2.14 bits per heavy atom. The Bertz CT molecular complexity index is 838. The summed E-state index contributed by atoms with van der Waals surface area (Å²) in [5.74, 6) is -1.69. The molecule has 0 aliphatic carbocycles. The quantitative estimate of drug-likeness (QED) is 0.105. The molecule has 1 aromatic carbocycles. The Morgan fingerprint density at radius 2 is 1.49 bits per heavy atom. The third-order valence-corrected chi connectivity index (χ3v) is 5.74. The summed E-state index contributed by atoms with van der Waals surface area (Å²) in [4.78, 5) is 25.3. The third kappa shape index (κ3) is 12.1. The number of aliphatic hydroxyl groups is 3. The predicted octanol–water partition coefficient (Wildman–Crippen LogP) is 5.51. The maximum absolute atomic E-state index is 12.7. The first-order chi connectivity index (χ1) is 17.0. The predicted molar refractivity (Wildman–Crippen MR) is 143 cm³/mol. The van der Waals surface area contributed by atoms with E-state index in [9.17, 15) is 24.9 Å². The summed E-state index contributed by atoms with van der Waals surface area (Å²) in [5.41, 5.74) is -1.91. The molecule has 3 N–H and O–H groups in total. The number of Topliss-reactive ketones (excluding diaryl/α,β-unsaturated/α-hetero) is 1. The van der Waals surface area contributed by atoms with E-state index in [2.05, 4.69) is 43.4 Å². The highest BCUT2D eigenvalue weighted by Crippen LogP contribution is 2.20. The van der Waals surface area contributed by atoms with Crippen LogP contribution in [0, 0.1) is 0 Å². The van der Waals surface area contributed by atoms with Gasteiger partial charge >= 0.3 is 0 Å². The Kier molecular flexibility index (Phi) is 16.3. The molecule has 0 amide bonds. The molecule has 1 rings (SSSR count). The molecule has 0 spiro atoms. The van der Waals surface area contributed by atoms with E-state index >= 15 is 0 Å². The van der Waals surface area contributed by atoms with Crippen LogP contribution in [0.1, 0.15) is 76.7 Å². The lowest BCUT2D eigenvalue weighted by Gasteiger charge is -2.28. The first-order valence-corrected chi connectivity index (χ1v) is 12.7. The summed E-state index contributed by atoms with van der Waals surface area (Å²) < 4.78 is 0. The summed E-state index contributed by atoms with van der Waals surface area (Å²) in [6.07, 6.45) is 22.1. The number of carbonyl (C=O) groups is 2. The maximum atomic E-state index is 12.7. The van der Waals surface area contributed by atoms with Crippen molar-refractivity contribution in [3.05, 3.63) is 78.4 Å². The fraction of sp³-hybridized carbons (Fsp3) is 0.467. The van der Waals surface area contributed by atoms with Crippen LogP contribution >= 0.6 is 0 Å². The summed E-state index contributed by atoms with van der Waals surface area (Å²) in [6.45, 7) is 1.24. The van der Waals surface area contributed by atoms with Gasteiger partial charge in [0.25, 0.3) is 0 Å². The molecule has 0 saturated carbocycles. The maximum Gasteiger partial charge on any atom is 0.213 e.